The smallest absolute Gasteiger partial charge is 0.242 e. The molecule has 0 spiro atoms. The van der Waals surface area contributed by atoms with Crippen LogP contribution in [0.2, 0.25) is 0 Å². The monoisotopic (exact) mass is 260 g/mol. The van der Waals surface area contributed by atoms with Crippen LogP contribution < -0.4 is 0 Å². The van der Waals surface area contributed by atoms with E-state index in [-0.39, 0.29) is 11.7 Å². The zero-order valence-electron chi connectivity index (χ0n) is 11.2. The summed E-state index contributed by atoms with van der Waals surface area (Å²) < 4.78 is 1.89. The van der Waals surface area contributed by atoms with Crippen LogP contribution in [0.3, 0.4) is 0 Å². The second-order valence-corrected chi connectivity index (χ2v) is 5.59. The highest BCUT2D eigenvalue weighted by Crippen LogP contribution is 2.22. The van der Waals surface area contributed by atoms with Crippen LogP contribution in [-0.4, -0.2) is 34.2 Å². The number of amides is 1. The van der Waals surface area contributed by atoms with Gasteiger partial charge in [0, 0.05) is 37.5 Å². The molecule has 1 aromatic heterocycles. The molecule has 0 saturated carbocycles. The van der Waals surface area contributed by atoms with Crippen LogP contribution in [0, 0.1) is 0 Å². The minimum atomic E-state index is 0.180. The van der Waals surface area contributed by atoms with Gasteiger partial charge >= 0.3 is 0 Å². The van der Waals surface area contributed by atoms with Crippen molar-refractivity contribution in [2.24, 2.45) is 0 Å². The second kappa shape index (κ2) is 5.19. The molecule has 0 radical (unpaired) electrons. The van der Waals surface area contributed by atoms with Crippen molar-refractivity contribution >= 4 is 11.7 Å². The van der Waals surface area contributed by atoms with E-state index < -0.39 is 0 Å². The van der Waals surface area contributed by atoms with Crippen molar-refractivity contribution in [2.75, 3.05) is 13.1 Å². The molecule has 102 valence electrons. The van der Waals surface area contributed by atoms with E-state index >= 15 is 0 Å². The molecule has 4 nitrogen and oxygen atoms in total. The Bertz CT molecular complexity index is 498. The van der Waals surface area contributed by atoms with E-state index in [0.717, 1.165) is 49.9 Å². The van der Waals surface area contributed by atoms with Gasteiger partial charge in [0.05, 0.1) is 0 Å². The van der Waals surface area contributed by atoms with Crippen LogP contribution in [0.1, 0.15) is 48.0 Å². The first-order valence-electron chi connectivity index (χ1n) is 7.23. The number of ketones is 1. The number of carbonyl (C=O) groups excluding carboxylic acids is 2. The van der Waals surface area contributed by atoms with Gasteiger partial charge < -0.3 is 9.47 Å². The Balaban J connectivity index is 1.69. The Labute approximate surface area is 113 Å². The molecule has 19 heavy (non-hydrogen) atoms. The maximum atomic E-state index is 12.2. The van der Waals surface area contributed by atoms with E-state index in [4.69, 9.17) is 0 Å². The number of hydrogen-bond donors (Lipinski definition) is 0. The molecule has 1 amide bonds. The molecule has 1 saturated heterocycles. The fraction of sp³-hybridized carbons (Fsp3) is 0.600. The highest BCUT2D eigenvalue weighted by molar-refractivity contribution is 5.98. The molecule has 0 unspecified atom stereocenters. The molecule has 3 rings (SSSR count). The first-order valence-corrected chi connectivity index (χ1v) is 7.23. The maximum absolute atomic E-state index is 12.2. The average Bonchev–Trinajstić information content (AvgIpc) is 2.84. The Kier molecular flexibility index (Phi) is 3.40. The van der Waals surface area contributed by atoms with Gasteiger partial charge in [-0.25, -0.2) is 0 Å². The summed E-state index contributed by atoms with van der Waals surface area (Å²) in [5.41, 5.74) is 1.94. The van der Waals surface area contributed by atoms with Gasteiger partial charge in [0.15, 0.2) is 5.78 Å². The van der Waals surface area contributed by atoms with E-state index in [1.807, 2.05) is 21.9 Å². The summed E-state index contributed by atoms with van der Waals surface area (Å²) in [6.45, 7) is 2.15. The molecule has 1 fully saturated rings. The Morgan fingerprint density at radius 2 is 1.84 bits per heavy atom. The first-order chi connectivity index (χ1) is 9.24. The molecule has 0 bridgehead atoms. The van der Waals surface area contributed by atoms with Crippen molar-refractivity contribution in [3.8, 4) is 0 Å². The normalized spacial score (nSPS) is 19.4. The molecule has 0 N–H and O–H groups in total. The van der Waals surface area contributed by atoms with Crippen molar-refractivity contribution in [3.63, 3.8) is 0 Å². The van der Waals surface area contributed by atoms with Gasteiger partial charge in [-0.3, -0.25) is 9.59 Å². The van der Waals surface area contributed by atoms with Crippen molar-refractivity contribution in [3.05, 3.63) is 23.5 Å². The van der Waals surface area contributed by atoms with Gasteiger partial charge in [-0.05, 0) is 37.7 Å². The van der Waals surface area contributed by atoms with Crippen molar-refractivity contribution in [2.45, 2.75) is 45.1 Å². The van der Waals surface area contributed by atoms with Crippen molar-refractivity contribution in [1.29, 1.82) is 0 Å². The fourth-order valence-electron chi connectivity index (χ4n) is 3.07. The molecule has 1 aliphatic carbocycles. The summed E-state index contributed by atoms with van der Waals surface area (Å²) in [4.78, 5) is 25.9. The van der Waals surface area contributed by atoms with Gasteiger partial charge in [0.2, 0.25) is 5.91 Å². The van der Waals surface area contributed by atoms with E-state index in [9.17, 15) is 9.59 Å². The summed E-state index contributed by atoms with van der Waals surface area (Å²) in [7, 11) is 0. The van der Waals surface area contributed by atoms with E-state index in [1.165, 1.54) is 6.42 Å². The largest absolute Gasteiger partial charge is 0.344 e. The van der Waals surface area contributed by atoms with Gasteiger partial charge in [0.25, 0.3) is 0 Å². The Morgan fingerprint density at radius 3 is 2.58 bits per heavy atom. The molecular formula is C15H20N2O2. The number of carbonyl (C=O) groups is 2. The van der Waals surface area contributed by atoms with E-state index in [1.54, 1.807) is 0 Å². The van der Waals surface area contributed by atoms with Crippen LogP contribution >= 0.6 is 0 Å². The number of Topliss-reactive ketones (excluding diaryl/α,β-unsaturated/α-hetero) is 1. The maximum Gasteiger partial charge on any atom is 0.242 e. The number of hydrogen-bond acceptors (Lipinski definition) is 2. The summed E-state index contributed by atoms with van der Waals surface area (Å²) in [5, 5.41) is 0. The summed E-state index contributed by atoms with van der Waals surface area (Å²) in [5.74, 6) is 0.407. The lowest BCUT2D eigenvalue weighted by molar-refractivity contribution is -0.132. The molecule has 2 heterocycles. The molecule has 0 atom stereocenters. The van der Waals surface area contributed by atoms with Crippen molar-refractivity contribution < 1.29 is 9.59 Å². The highest BCUT2D eigenvalue weighted by Gasteiger charge is 2.21. The standard InChI is InChI=1S/C15H20N2O2/c18-14-6-4-5-12-9-16(10-13(12)14)11-15(19)17-7-2-1-3-8-17/h9-10H,1-8,11H2. The number of likely N-dealkylation sites (tertiary alicyclic amines) is 1. The zero-order chi connectivity index (χ0) is 13.2. The highest BCUT2D eigenvalue weighted by atomic mass is 16.2. The number of fused-ring (bicyclic) bond motifs is 1. The third-order valence-electron chi connectivity index (χ3n) is 4.14. The number of piperidine rings is 1. The SMILES string of the molecule is O=C1CCCc2cn(CC(=O)N3CCCCC3)cc21. The number of nitrogens with zero attached hydrogens (tertiary/aromatic N) is 2. The van der Waals surface area contributed by atoms with E-state index in [2.05, 4.69) is 0 Å². The Morgan fingerprint density at radius 1 is 1.05 bits per heavy atom. The third kappa shape index (κ3) is 2.57. The lowest BCUT2D eigenvalue weighted by atomic mass is 9.95. The predicted molar refractivity (Wildman–Crippen MR) is 72.1 cm³/mol. The van der Waals surface area contributed by atoms with Crippen LogP contribution in [0.25, 0.3) is 0 Å². The lowest BCUT2D eigenvalue weighted by Crippen LogP contribution is -2.37. The van der Waals surface area contributed by atoms with Gasteiger partial charge in [0.1, 0.15) is 6.54 Å². The lowest BCUT2D eigenvalue weighted by Gasteiger charge is -2.26. The van der Waals surface area contributed by atoms with Crippen LogP contribution in [0.15, 0.2) is 12.4 Å². The average molecular weight is 260 g/mol. The van der Waals surface area contributed by atoms with Crippen LogP contribution in [0.4, 0.5) is 0 Å². The van der Waals surface area contributed by atoms with Gasteiger partial charge in [-0.1, -0.05) is 0 Å². The quantitative estimate of drug-likeness (QED) is 0.816. The number of aryl methyl sites for hydroxylation is 1. The van der Waals surface area contributed by atoms with Crippen LogP contribution in [0.5, 0.6) is 0 Å². The second-order valence-electron chi connectivity index (χ2n) is 5.59. The topological polar surface area (TPSA) is 42.3 Å². The molecule has 0 aromatic carbocycles. The zero-order valence-corrected chi connectivity index (χ0v) is 11.2. The number of rotatable bonds is 2. The molecule has 2 aliphatic rings. The van der Waals surface area contributed by atoms with Gasteiger partial charge in [-0.2, -0.15) is 0 Å². The Hall–Kier alpha value is -1.58. The predicted octanol–water partition coefficient (Wildman–Crippen LogP) is 2.02. The summed E-state index contributed by atoms with van der Waals surface area (Å²) in [6, 6.07) is 0. The molecular weight excluding hydrogens is 240 g/mol. The fourth-order valence-corrected chi connectivity index (χ4v) is 3.07. The first kappa shape index (κ1) is 12.5. The summed E-state index contributed by atoms with van der Waals surface area (Å²) >= 11 is 0. The van der Waals surface area contributed by atoms with Crippen LogP contribution in [-0.2, 0) is 17.8 Å². The van der Waals surface area contributed by atoms with E-state index in [0.29, 0.717) is 13.0 Å². The minimum absolute atomic E-state index is 0.180. The molecule has 1 aliphatic heterocycles. The number of aromatic nitrogens is 1. The summed E-state index contributed by atoms with van der Waals surface area (Å²) in [6.07, 6.45) is 9.86. The van der Waals surface area contributed by atoms with Crippen molar-refractivity contribution in [1.82, 2.24) is 9.47 Å². The third-order valence-corrected chi connectivity index (χ3v) is 4.14. The van der Waals surface area contributed by atoms with Gasteiger partial charge in [-0.15, -0.1) is 0 Å². The molecule has 4 heteroatoms. The minimum Gasteiger partial charge on any atom is -0.344 e. The molecule has 1 aromatic rings.